The average molecular weight is 204 g/mol. The van der Waals surface area contributed by atoms with Crippen LogP contribution in [0.3, 0.4) is 0 Å². The standard InChI is InChI=1S/C11H12N2O2/c1-8-6-13-7-9(3-5-11(14)15)2-4-10(13)12-8/h2,4,6-7H,3,5H2,1H3,(H,14,15). The summed E-state index contributed by atoms with van der Waals surface area (Å²) in [7, 11) is 0. The summed E-state index contributed by atoms with van der Waals surface area (Å²) in [6, 6.07) is 3.83. The quantitative estimate of drug-likeness (QED) is 0.827. The van der Waals surface area contributed by atoms with Gasteiger partial charge in [0.25, 0.3) is 0 Å². The maximum Gasteiger partial charge on any atom is 0.303 e. The summed E-state index contributed by atoms with van der Waals surface area (Å²) in [6.07, 6.45) is 4.58. The van der Waals surface area contributed by atoms with Crippen LogP contribution in [0.1, 0.15) is 17.7 Å². The SMILES string of the molecule is Cc1cn2cc(CCC(=O)O)ccc2n1. The van der Waals surface area contributed by atoms with Crippen molar-refractivity contribution in [3.63, 3.8) is 0 Å². The zero-order chi connectivity index (χ0) is 10.8. The third kappa shape index (κ3) is 2.15. The maximum atomic E-state index is 10.4. The number of pyridine rings is 1. The van der Waals surface area contributed by atoms with E-state index < -0.39 is 5.97 Å². The summed E-state index contributed by atoms with van der Waals surface area (Å²) in [5.74, 6) is -0.767. The zero-order valence-corrected chi connectivity index (χ0v) is 8.47. The van der Waals surface area contributed by atoms with Gasteiger partial charge in [0, 0.05) is 18.8 Å². The van der Waals surface area contributed by atoms with E-state index in [0.717, 1.165) is 16.9 Å². The first-order valence-corrected chi connectivity index (χ1v) is 4.81. The summed E-state index contributed by atoms with van der Waals surface area (Å²) in [5.41, 5.74) is 2.87. The number of aliphatic carboxylic acids is 1. The largest absolute Gasteiger partial charge is 0.481 e. The van der Waals surface area contributed by atoms with Gasteiger partial charge in [0.15, 0.2) is 0 Å². The number of nitrogens with zero attached hydrogens (tertiary/aromatic N) is 2. The number of aromatic nitrogens is 2. The van der Waals surface area contributed by atoms with Crippen LogP contribution in [0.25, 0.3) is 5.65 Å². The number of carbonyl (C=O) groups is 1. The third-order valence-corrected chi connectivity index (χ3v) is 2.26. The molecule has 0 amide bonds. The van der Waals surface area contributed by atoms with E-state index in [1.54, 1.807) is 0 Å². The van der Waals surface area contributed by atoms with Crippen LogP contribution in [0.2, 0.25) is 0 Å². The molecule has 0 aliphatic carbocycles. The predicted octanol–water partition coefficient (Wildman–Crippen LogP) is 1.66. The minimum Gasteiger partial charge on any atom is -0.481 e. The molecule has 4 nitrogen and oxygen atoms in total. The number of hydrogen-bond donors (Lipinski definition) is 1. The second-order valence-electron chi connectivity index (χ2n) is 3.58. The Hall–Kier alpha value is -1.84. The highest BCUT2D eigenvalue weighted by atomic mass is 16.4. The molecule has 78 valence electrons. The molecule has 2 heterocycles. The van der Waals surface area contributed by atoms with E-state index in [9.17, 15) is 4.79 Å². The van der Waals surface area contributed by atoms with Crippen LogP contribution in [0.15, 0.2) is 24.5 Å². The highest BCUT2D eigenvalue weighted by Gasteiger charge is 2.01. The molecule has 2 rings (SSSR count). The molecule has 2 aromatic heterocycles. The van der Waals surface area contributed by atoms with Crippen LogP contribution in [-0.2, 0) is 11.2 Å². The van der Waals surface area contributed by atoms with E-state index in [1.807, 2.05) is 35.9 Å². The summed E-state index contributed by atoms with van der Waals surface area (Å²) in [4.78, 5) is 14.7. The Bertz CT molecular complexity index is 502. The second-order valence-corrected chi connectivity index (χ2v) is 3.58. The van der Waals surface area contributed by atoms with Crippen molar-refractivity contribution in [2.45, 2.75) is 19.8 Å². The molecule has 0 aliphatic rings. The van der Waals surface area contributed by atoms with E-state index in [1.165, 1.54) is 0 Å². The first-order valence-electron chi connectivity index (χ1n) is 4.81. The van der Waals surface area contributed by atoms with Crippen LogP contribution >= 0.6 is 0 Å². The number of aryl methyl sites for hydroxylation is 2. The van der Waals surface area contributed by atoms with Gasteiger partial charge >= 0.3 is 5.97 Å². The van der Waals surface area contributed by atoms with Gasteiger partial charge in [0.2, 0.25) is 0 Å². The molecule has 0 bridgehead atoms. The van der Waals surface area contributed by atoms with E-state index >= 15 is 0 Å². The molecule has 0 atom stereocenters. The summed E-state index contributed by atoms with van der Waals surface area (Å²) >= 11 is 0. The lowest BCUT2D eigenvalue weighted by molar-refractivity contribution is -0.136. The van der Waals surface area contributed by atoms with Crippen molar-refractivity contribution in [3.8, 4) is 0 Å². The predicted molar refractivity (Wildman–Crippen MR) is 55.9 cm³/mol. The van der Waals surface area contributed by atoms with Crippen LogP contribution in [0.4, 0.5) is 0 Å². The Kier molecular flexibility index (Phi) is 2.41. The van der Waals surface area contributed by atoms with Crippen LogP contribution in [0.5, 0.6) is 0 Å². The molecule has 0 radical (unpaired) electrons. The van der Waals surface area contributed by atoms with E-state index in [-0.39, 0.29) is 6.42 Å². The molecule has 0 aromatic carbocycles. The Morgan fingerprint density at radius 2 is 2.27 bits per heavy atom. The number of fused-ring (bicyclic) bond motifs is 1. The van der Waals surface area contributed by atoms with Gasteiger partial charge in [-0.25, -0.2) is 4.98 Å². The topological polar surface area (TPSA) is 54.6 Å². The minimum absolute atomic E-state index is 0.166. The Morgan fingerprint density at radius 1 is 1.47 bits per heavy atom. The first-order chi connectivity index (χ1) is 7.15. The molecule has 0 spiro atoms. The highest BCUT2D eigenvalue weighted by Crippen LogP contribution is 2.08. The van der Waals surface area contributed by atoms with Crippen LogP contribution < -0.4 is 0 Å². The van der Waals surface area contributed by atoms with Gasteiger partial charge in [-0.2, -0.15) is 0 Å². The molecule has 2 aromatic rings. The molecular formula is C11H12N2O2. The fourth-order valence-electron chi connectivity index (χ4n) is 1.56. The lowest BCUT2D eigenvalue weighted by Crippen LogP contribution is -1.98. The Labute approximate surface area is 87.2 Å². The van der Waals surface area contributed by atoms with Crippen molar-refractivity contribution in [3.05, 3.63) is 35.8 Å². The van der Waals surface area contributed by atoms with Crippen molar-refractivity contribution in [1.82, 2.24) is 9.38 Å². The molecule has 15 heavy (non-hydrogen) atoms. The molecule has 1 N–H and O–H groups in total. The number of imidazole rings is 1. The van der Waals surface area contributed by atoms with Crippen molar-refractivity contribution in [1.29, 1.82) is 0 Å². The molecule has 0 saturated heterocycles. The average Bonchev–Trinajstić information content (AvgIpc) is 2.53. The highest BCUT2D eigenvalue weighted by molar-refractivity contribution is 5.67. The summed E-state index contributed by atoms with van der Waals surface area (Å²) < 4.78 is 1.92. The van der Waals surface area contributed by atoms with Gasteiger partial charge in [-0.3, -0.25) is 4.79 Å². The lowest BCUT2D eigenvalue weighted by atomic mass is 10.1. The fraction of sp³-hybridized carbons (Fsp3) is 0.273. The third-order valence-electron chi connectivity index (χ3n) is 2.26. The number of carboxylic acid groups (broad SMARTS) is 1. The van der Waals surface area contributed by atoms with Crippen LogP contribution in [-0.4, -0.2) is 20.5 Å². The second kappa shape index (κ2) is 3.73. The van der Waals surface area contributed by atoms with Crippen molar-refractivity contribution < 1.29 is 9.90 Å². The molecule has 0 aliphatic heterocycles. The summed E-state index contributed by atoms with van der Waals surface area (Å²) in [5, 5.41) is 8.57. The van der Waals surface area contributed by atoms with Crippen molar-refractivity contribution in [2.75, 3.05) is 0 Å². The number of hydrogen-bond acceptors (Lipinski definition) is 2. The van der Waals surface area contributed by atoms with Gasteiger partial charge in [-0.15, -0.1) is 0 Å². The van der Waals surface area contributed by atoms with Gasteiger partial charge in [-0.05, 0) is 25.0 Å². The monoisotopic (exact) mass is 204 g/mol. The van der Waals surface area contributed by atoms with Gasteiger partial charge in [0.05, 0.1) is 5.69 Å². The molecule has 0 saturated carbocycles. The number of rotatable bonds is 3. The van der Waals surface area contributed by atoms with E-state index in [4.69, 9.17) is 5.11 Å². The van der Waals surface area contributed by atoms with Crippen LogP contribution in [0, 0.1) is 6.92 Å². The van der Waals surface area contributed by atoms with Crippen molar-refractivity contribution >= 4 is 11.6 Å². The van der Waals surface area contributed by atoms with Crippen molar-refractivity contribution in [2.24, 2.45) is 0 Å². The lowest BCUT2D eigenvalue weighted by Gasteiger charge is -1.99. The normalized spacial score (nSPS) is 10.7. The van der Waals surface area contributed by atoms with Gasteiger partial charge in [0.1, 0.15) is 5.65 Å². The molecule has 0 fully saturated rings. The maximum absolute atomic E-state index is 10.4. The number of carboxylic acids is 1. The Balaban J connectivity index is 2.26. The Morgan fingerprint density at radius 3 is 3.00 bits per heavy atom. The van der Waals surface area contributed by atoms with E-state index in [0.29, 0.717) is 6.42 Å². The van der Waals surface area contributed by atoms with Gasteiger partial charge in [-0.1, -0.05) is 6.07 Å². The zero-order valence-electron chi connectivity index (χ0n) is 8.47. The minimum atomic E-state index is -0.767. The molecule has 0 unspecified atom stereocenters. The molecular weight excluding hydrogens is 192 g/mol. The van der Waals surface area contributed by atoms with Gasteiger partial charge < -0.3 is 9.51 Å². The smallest absolute Gasteiger partial charge is 0.303 e. The fourth-order valence-corrected chi connectivity index (χ4v) is 1.56. The summed E-state index contributed by atoms with van der Waals surface area (Å²) in [6.45, 7) is 1.93. The van der Waals surface area contributed by atoms with E-state index in [2.05, 4.69) is 4.98 Å². The molecule has 4 heteroatoms. The first kappa shape index (κ1) is 9.71.